The van der Waals surface area contributed by atoms with Crippen LogP contribution in [0.3, 0.4) is 0 Å². The molecule has 0 aliphatic heterocycles. The monoisotopic (exact) mass is 292 g/mol. The zero-order chi connectivity index (χ0) is 13.6. The Kier molecular flexibility index (Phi) is 5.77. The van der Waals surface area contributed by atoms with Crippen LogP contribution in [0.4, 0.5) is 0 Å². The van der Waals surface area contributed by atoms with Crippen LogP contribution in [0.15, 0.2) is 29.2 Å². The van der Waals surface area contributed by atoms with Crippen molar-refractivity contribution >= 4 is 20.9 Å². The predicted molar refractivity (Wildman–Crippen MR) is 69.7 cm³/mol. The summed E-state index contributed by atoms with van der Waals surface area (Å²) in [7, 11) is -1.78. The van der Waals surface area contributed by atoms with Crippen molar-refractivity contribution in [2.24, 2.45) is 0 Å². The highest BCUT2D eigenvalue weighted by atomic mass is 32.2. The Bertz CT molecular complexity index is 493. The molecule has 1 rings (SSSR count). The first kappa shape index (κ1) is 15.1. The van der Waals surface area contributed by atoms with Crippen LogP contribution < -0.4 is 4.74 Å². The van der Waals surface area contributed by atoms with Crippen molar-refractivity contribution in [3.8, 4) is 5.75 Å². The summed E-state index contributed by atoms with van der Waals surface area (Å²) in [6.07, 6.45) is 1.76. The molecule has 18 heavy (non-hydrogen) atoms. The third-order valence-corrected chi connectivity index (χ3v) is 4.28. The van der Waals surface area contributed by atoms with Crippen molar-refractivity contribution in [3.05, 3.63) is 24.3 Å². The molecule has 0 aromatic heterocycles. The third kappa shape index (κ3) is 5.16. The first-order valence-corrected chi connectivity index (χ1v) is 8.43. The van der Waals surface area contributed by atoms with Crippen molar-refractivity contribution in [1.29, 1.82) is 0 Å². The average Bonchev–Trinajstić information content (AvgIpc) is 2.33. The molecule has 0 saturated carbocycles. The topological polar surface area (TPSA) is 69.7 Å². The van der Waals surface area contributed by atoms with Gasteiger partial charge in [0.15, 0.2) is 20.9 Å². The lowest BCUT2D eigenvalue weighted by Gasteiger charge is -2.06. The summed E-state index contributed by atoms with van der Waals surface area (Å²) in [6, 6.07) is 6.20. The lowest BCUT2D eigenvalue weighted by molar-refractivity contribution is 0.316. The van der Waals surface area contributed by atoms with E-state index in [0.29, 0.717) is 24.5 Å². The Morgan fingerprint density at radius 2 is 1.83 bits per heavy atom. The highest BCUT2D eigenvalue weighted by Crippen LogP contribution is 2.15. The lowest BCUT2D eigenvalue weighted by atomic mass is 10.3. The molecule has 0 fully saturated rings. The maximum atomic E-state index is 11.2. The Morgan fingerprint density at radius 1 is 1.22 bits per heavy atom. The minimum atomic E-state index is -3.17. The van der Waals surface area contributed by atoms with E-state index < -0.39 is 20.9 Å². The van der Waals surface area contributed by atoms with Gasteiger partial charge in [-0.05, 0) is 30.7 Å². The fourth-order valence-electron chi connectivity index (χ4n) is 1.23. The third-order valence-electron chi connectivity index (χ3n) is 2.16. The van der Waals surface area contributed by atoms with Crippen molar-refractivity contribution < 1.29 is 21.5 Å². The van der Waals surface area contributed by atoms with E-state index in [2.05, 4.69) is 4.18 Å². The Balaban J connectivity index is 2.43. The van der Waals surface area contributed by atoms with Gasteiger partial charge in [0, 0.05) is 6.26 Å². The lowest BCUT2D eigenvalue weighted by Crippen LogP contribution is -2.05. The molecule has 0 saturated heterocycles. The van der Waals surface area contributed by atoms with Crippen LogP contribution >= 0.6 is 0 Å². The van der Waals surface area contributed by atoms with Crippen LogP contribution in [0.2, 0.25) is 0 Å². The standard InChI is InChI=1S/C11H16O5S2/c1-15-17(12)9-3-8-16-10-4-6-11(7-5-10)18(2,13)14/h4-7H,3,8-9H2,1-2H3. The highest BCUT2D eigenvalue weighted by Gasteiger charge is 2.06. The normalized spacial score (nSPS) is 13.2. The van der Waals surface area contributed by atoms with E-state index in [9.17, 15) is 12.6 Å². The number of hydrogen-bond donors (Lipinski definition) is 0. The smallest absolute Gasteiger partial charge is 0.175 e. The molecule has 0 spiro atoms. The molecule has 0 amide bonds. The van der Waals surface area contributed by atoms with E-state index in [1.54, 1.807) is 12.1 Å². The van der Waals surface area contributed by atoms with E-state index in [4.69, 9.17) is 4.74 Å². The quantitative estimate of drug-likeness (QED) is 0.706. The van der Waals surface area contributed by atoms with Gasteiger partial charge in [-0.1, -0.05) is 0 Å². The maximum absolute atomic E-state index is 11.2. The molecule has 1 atom stereocenters. The zero-order valence-electron chi connectivity index (χ0n) is 10.3. The molecule has 102 valence electrons. The van der Waals surface area contributed by atoms with Gasteiger partial charge in [-0.15, -0.1) is 0 Å². The fourth-order valence-corrected chi connectivity index (χ4v) is 2.38. The molecule has 0 aliphatic rings. The molecular weight excluding hydrogens is 276 g/mol. The van der Waals surface area contributed by atoms with Crippen LogP contribution in [0.25, 0.3) is 0 Å². The van der Waals surface area contributed by atoms with Crippen molar-refractivity contribution in [3.63, 3.8) is 0 Å². The molecule has 0 aliphatic carbocycles. The molecule has 0 heterocycles. The van der Waals surface area contributed by atoms with E-state index >= 15 is 0 Å². The van der Waals surface area contributed by atoms with Gasteiger partial charge in [-0.2, -0.15) is 0 Å². The minimum absolute atomic E-state index is 0.260. The minimum Gasteiger partial charge on any atom is -0.494 e. The second-order valence-corrected chi connectivity index (χ2v) is 6.98. The highest BCUT2D eigenvalue weighted by molar-refractivity contribution is 7.90. The van der Waals surface area contributed by atoms with E-state index in [0.717, 1.165) is 6.26 Å². The van der Waals surface area contributed by atoms with Crippen LogP contribution in [-0.2, 0) is 25.1 Å². The molecule has 1 aromatic carbocycles. The first-order valence-electron chi connectivity index (χ1n) is 5.29. The van der Waals surface area contributed by atoms with Gasteiger partial charge in [0.25, 0.3) is 0 Å². The molecule has 1 aromatic rings. The summed E-state index contributed by atoms with van der Waals surface area (Å²) in [5.74, 6) is 1.00. The van der Waals surface area contributed by atoms with E-state index in [-0.39, 0.29) is 4.90 Å². The molecular formula is C11H16O5S2. The Hall–Kier alpha value is -0.920. The Labute approximate surface area is 110 Å². The van der Waals surface area contributed by atoms with Gasteiger partial charge in [-0.25, -0.2) is 12.6 Å². The second kappa shape index (κ2) is 6.86. The summed E-state index contributed by atoms with van der Waals surface area (Å²) < 4.78 is 43.4. The number of sulfone groups is 1. The summed E-state index contributed by atoms with van der Waals surface area (Å²) >= 11 is -1.26. The van der Waals surface area contributed by atoms with Crippen LogP contribution in [-0.4, -0.2) is 38.4 Å². The number of ether oxygens (including phenoxy) is 1. The summed E-state index contributed by atoms with van der Waals surface area (Å²) in [5.41, 5.74) is 0. The molecule has 1 unspecified atom stereocenters. The largest absolute Gasteiger partial charge is 0.494 e. The number of benzene rings is 1. The average molecular weight is 292 g/mol. The first-order chi connectivity index (χ1) is 8.43. The fraction of sp³-hybridized carbons (Fsp3) is 0.455. The van der Waals surface area contributed by atoms with Gasteiger partial charge >= 0.3 is 0 Å². The van der Waals surface area contributed by atoms with Gasteiger partial charge in [0.2, 0.25) is 0 Å². The van der Waals surface area contributed by atoms with Crippen LogP contribution in [0, 0.1) is 0 Å². The van der Waals surface area contributed by atoms with Gasteiger partial charge in [0.05, 0.1) is 24.4 Å². The Morgan fingerprint density at radius 3 is 2.33 bits per heavy atom. The summed E-state index contributed by atoms with van der Waals surface area (Å²) in [4.78, 5) is 0.260. The second-order valence-electron chi connectivity index (χ2n) is 3.62. The molecule has 5 nitrogen and oxygen atoms in total. The molecule has 7 heteroatoms. The van der Waals surface area contributed by atoms with Gasteiger partial charge < -0.3 is 4.74 Å². The van der Waals surface area contributed by atoms with Crippen LogP contribution in [0.5, 0.6) is 5.75 Å². The zero-order valence-corrected chi connectivity index (χ0v) is 11.9. The van der Waals surface area contributed by atoms with E-state index in [1.807, 2.05) is 0 Å². The molecule has 0 N–H and O–H groups in total. The van der Waals surface area contributed by atoms with Crippen molar-refractivity contribution in [2.45, 2.75) is 11.3 Å². The summed E-state index contributed by atoms with van der Waals surface area (Å²) in [5, 5.41) is 0. The number of hydrogen-bond acceptors (Lipinski definition) is 5. The van der Waals surface area contributed by atoms with E-state index in [1.165, 1.54) is 19.2 Å². The molecule has 0 bridgehead atoms. The summed E-state index contributed by atoms with van der Waals surface area (Å²) in [6.45, 7) is 0.410. The van der Waals surface area contributed by atoms with Gasteiger partial charge in [0.1, 0.15) is 5.75 Å². The maximum Gasteiger partial charge on any atom is 0.175 e. The van der Waals surface area contributed by atoms with Crippen molar-refractivity contribution in [1.82, 2.24) is 0 Å². The molecule has 0 radical (unpaired) electrons. The van der Waals surface area contributed by atoms with Gasteiger partial charge in [-0.3, -0.25) is 4.18 Å². The SMILES string of the molecule is COS(=O)CCCOc1ccc(S(C)(=O)=O)cc1. The van der Waals surface area contributed by atoms with Crippen LogP contribution in [0.1, 0.15) is 6.42 Å². The predicted octanol–water partition coefficient (Wildman–Crippen LogP) is 1.17. The number of rotatable bonds is 7. The van der Waals surface area contributed by atoms with Crippen molar-refractivity contribution in [2.75, 3.05) is 25.7 Å².